The minimum Gasteiger partial charge on any atom is -0.480 e. The number of carboxylic acid groups (broad SMARTS) is 1. The number of carbonyl (C=O) groups is 5. The molecule has 2 atom stereocenters. The van der Waals surface area contributed by atoms with E-state index in [2.05, 4.69) is 21.3 Å². The minimum absolute atomic E-state index is 0.244. The number of hydrogen-bond acceptors (Lipinski definition) is 5. The van der Waals surface area contributed by atoms with E-state index >= 15 is 0 Å². The maximum atomic E-state index is 12.1. The molecule has 0 aliphatic heterocycles. The molecule has 0 aromatic rings. The zero-order valence-corrected chi connectivity index (χ0v) is 14.8. The molecule has 0 fully saturated rings. The molecule has 0 aromatic carbocycles. The summed E-state index contributed by atoms with van der Waals surface area (Å²) in [5.41, 5.74) is 0. The molecule has 0 aliphatic carbocycles. The van der Waals surface area contributed by atoms with E-state index in [0.29, 0.717) is 0 Å². The van der Waals surface area contributed by atoms with E-state index in [0.717, 1.165) is 0 Å². The molecule has 0 heterocycles. The molecule has 0 saturated carbocycles. The molecular weight excluding hydrogens is 332 g/mol. The zero-order valence-electron chi connectivity index (χ0n) is 14.8. The number of aliphatic carboxylic acids is 1. The van der Waals surface area contributed by atoms with Gasteiger partial charge in [-0.1, -0.05) is 20.8 Å². The standard InChI is InChI=1S/C15H26N4O6/c1-5-10(20)16-6-11(21)17-7-12(22)19-13(8(2)3)14(23)18-9(4)15(24)25/h8-9,13H,5-7H2,1-4H3,(H,16,20)(H,17,21)(H,18,23)(H,19,22)(H,24,25)/t9-,13+/m1/s1. The fraction of sp³-hybridized carbons (Fsp3) is 0.667. The normalized spacial score (nSPS) is 12.7. The Labute approximate surface area is 146 Å². The van der Waals surface area contributed by atoms with Gasteiger partial charge in [0.2, 0.25) is 23.6 Å². The van der Waals surface area contributed by atoms with E-state index in [4.69, 9.17) is 5.11 Å². The summed E-state index contributed by atoms with van der Waals surface area (Å²) in [6.45, 7) is 5.72. The van der Waals surface area contributed by atoms with Gasteiger partial charge in [-0.3, -0.25) is 24.0 Å². The molecule has 5 N–H and O–H groups in total. The van der Waals surface area contributed by atoms with Crippen LogP contribution in [-0.4, -0.2) is 59.9 Å². The highest BCUT2D eigenvalue weighted by Crippen LogP contribution is 2.02. The quantitative estimate of drug-likeness (QED) is 0.316. The Kier molecular flexibility index (Phi) is 9.83. The largest absolute Gasteiger partial charge is 0.480 e. The number of rotatable bonds is 10. The topological polar surface area (TPSA) is 154 Å². The third-order valence-electron chi connectivity index (χ3n) is 3.21. The van der Waals surface area contributed by atoms with Crippen LogP contribution >= 0.6 is 0 Å². The SMILES string of the molecule is CCC(=O)NCC(=O)NCC(=O)N[C@H](C(=O)N[C@H](C)C(=O)O)C(C)C. The highest BCUT2D eigenvalue weighted by atomic mass is 16.4. The monoisotopic (exact) mass is 358 g/mol. The lowest BCUT2D eigenvalue weighted by molar-refractivity contribution is -0.142. The van der Waals surface area contributed by atoms with Crippen molar-refractivity contribution >= 4 is 29.6 Å². The van der Waals surface area contributed by atoms with Crippen LogP contribution in [0.3, 0.4) is 0 Å². The average Bonchev–Trinajstić information content (AvgIpc) is 2.54. The predicted octanol–water partition coefficient (Wildman–Crippen LogP) is -1.64. The van der Waals surface area contributed by atoms with Gasteiger partial charge in [0.15, 0.2) is 0 Å². The Hall–Kier alpha value is -2.65. The van der Waals surface area contributed by atoms with E-state index in [1.54, 1.807) is 20.8 Å². The summed E-state index contributed by atoms with van der Waals surface area (Å²) in [6.07, 6.45) is 0.244. The number of carboxylic acids is 1. The Morgan fingerprint density at radius 2 is 1.36 bits per heavy atom. The maximum Gasteiger partial charge on any atom is 0.325 e. The Balaban J connectivity index is 4.46. The van der Waals surface area contributed by atoms with Gasteiger partial charge >= 0.3 is 5.97 Å². The molecule has 0 saturated heterocycles. The highest BCUT2D eigenvalue weighted by molar-refractivity contribution is 5.92. The predicted molar refractivity (Wildman–Crippen MR) is 88.3 cm³/mol. The van der Waals surface area contributed by atoms with Crippen LogP contribution in [0.1, 0.15) is 34.1 Å². The fourth-order valence-corrected chi connectivity index (χ4v) is 1.67. The molecule has 0 spiro atoms. The van der Waals surface area contributed by atoms with Crippen LogP contribution in [0, 0.1) is 5.92 Å². The summed E-state index contributed by atoms with van der Waals surface area (Å²) in [5.74, 6) is -3.54. The van der Waals surface area contributed by atoms with Crippen molar-refractivity contribution in [3.8, 4) is 0 Å². The first kappa shape index (κ1) is 22.4. The summed E-state index contributed by atoms with van der Waals surface area (Å²) in [6, 6.07) is -2.03. The number of carbonyl (C=O) groups excluding carboxylic acids is 4. The van der Waals surface area contributed by atoms with Gasteiger partial charge in [-0.2, -0.15) is 0 Å². The third-order valence-corrected chi connectivity index (χ3v) is 3.21. The van der Waals surface area contributed by atoms with Gasteiger partial charge in [0.25, 0.3) is 0 Å². The molecule has 25 heavy (non-hydrogen) atoms. The summed E-state index contributed by atoms with van der Waals surface area (Å²) in [4.78, 5) is 57.2. The lowest BCUT2D eigenvalue weighted by Gasteiger charge is -2.23. The highest BCUT2D eigenvalue weighted by Gasteiger charge is 2.26. The van der Waals surface area contributed by atoms with Gasteiger partial charge in [-0.25, -0.2) is 0 Å². The first-order chi connectivity index (χ1) is 11.6. The van der Waals surface area contributed by atoms with E-state index in [1.807, 2.05) is 0 Å². The van der Waals surface area contributed by atoms with Gasteiger partial charge in [0.05, 0.1) is 13.1 Å². The van der Waals surface area contributed by atoms with E-state index in [-0.39, 0.29) is 31.3 Å². The molecule has 4 amide bonds. The van der Waals surface area contributed by atoms with Crippen molar-refractivity contribution in [2.24, 2.45) is 5.92 Å². The number of hydrogen-bond donors (Lipinski definition) is 5. The molecule has 10 nitrogen and oxygen atoms in total. The summed E-state index contributed by atoms with van der Waals surface area (Å²) < 4.78 is 0. The lowest BCUT2D eigenvalue weighted by Crippen LogP contribution is -2.54. The molecule has 10 heteroatoms. The van der Waals surface area contributed by atoms with Gasteiger partial charge in [-0.15, -0.1) is 0 Å². The molecular formula is C15H26N4O6. The van der Waals surface area contributed by atoms with Crippen molar-refractivity contribution in [3.63, 3.8) is 0 Å². The average molecular weight is 358 g/mol. The van der Waals surface area contributed by atoms with Gasteiger partial charge in [0.1, 0.15) is 12.1 Å². The van der Waals surface area contributed by atoms with Gasteiger partial charge in [0, 0.05) is 6.42 Å². The first-order valence-corrected chi connectivity index (χ1v) is 7.94. The zero-order chi connectivity index (χ0) is 19.6. The Morgan fingerprint density at radius 3 is 1.84 bits per heavy atom. The van der Waals surface area contributed by atoms with E-state index in [9.17, 15) is 24.0 Å². The number of nitrogens with one attached hydrogen (secondary N) is 4. The van der Waals surface area contributed by atoms with Gasteiger partial charge < -0.3 is 26.4 Å². The van der Waals surface area contributed by atoms with Crippen LogP contribution in [0.25, 0.3) is 0 Å². The van der Waals surface area contributed by atoms with Crippen molar-refractivity contribution in [1.82, 2.24) is 21.3 Å². The minimum atomic E-state index is -1.19. The van der Waals surface area contributed by atoms with Crippen LogP contribution in [0.5, 0.6) is 0 Å². The smallest absolute Gasteiger partial charge is 0.325 e. The molecule has 0 unspecified atom stereocenters. The first-order valence-electron chi connectivity index (χ1n) is 7.94. The fourth-order valence-electron chi connectivity index (χ4n) is 1.67. The van der Waals surface area contributed by atoms with E-state index < -0.39 is 35.8 Å². The van der Waals surface area contributed by atoms with Crippen LogP contribution in [0.15, 0.2) is 0 Å². The summed E-state index contributed by atoms with van der Waals surface area (Å²) in [7, 11) is 0. The molecule has 0 aliphatic rings. The van der Waals surface area contributed by atoms with Crippen molar-refractivity contribution in [2.75, 3.05) is 13.1 Å². The van der Waals surface area contributed by atoms with Crippen molar-refractivity contribution in [3.05, 3.63) is 0 Å². The maximum absolute atomic E-state index is 12.1. The van der Waals surface area contributed by atoms with Crippen LogP contribution in [0.4, 0.5) is 0 Å². The second-order valence-electron chi connectivity index (χ2n) is 5.76. The van der Waals surface area contributed by atoms with Crippen molar-refractivity contribution in [2.45, 2.75) is 46.2 Å². The molecule has 0 rings (SSSR count). The third kappa shape index (κ3) is 9.28. The van der Waals surface area contributed by atoms with Crippen LogP contribution < -0.4 is 21.3 Å². The summed E-state index contributed by atoms with van der Waals surface area (Å²) in [5, 5.41) is 18.2. The van der Waals surface area contributed by atoms with Crippen molar-refractivity contribution in [1.29, 1.82) is 0 Å². The Morgan fingerprint density at radius 1 is 0.840 bits per heavy atom. The summed E-state index contributed by atoms with van der Waals surface area (Å²) >= 11 is 0. The second kappa shape index (κ2) is 11.0. The number of amides is 4. The molecule has 0 aromatic heterocycles. The second-order valence-corrected chi connectivity index (χ2v) is 5.76. The molecule has 142 valence electrons. The van der Waals surface area contributed by atoms with Crippen LogP contribution in [0.2, 0.25) is 0 Å². The molecule has 0 bridgehead atoms. The Bertz CT molecular complexity index is 520. The van der Waals surface area contributed by atoms with E-state index in [1.165, 1.54) is 6.92 Å². The molecule has 0 radical (unpaired) electrons. The van der Waals surface area contributed by atoms with Crippen LogP contribution in [-0.2, 0) is 24.0 Å². The van der Waals surface area contributed by atoms with Crippen molar-refractivity contribution < 1.29 is 29.1 Å². The lowest BCUT2D eigenvalue weighted by atomic mass is 10.0. The van der Waals surface area contributed by atoms with Gasteiger partial charge in [-0.05, 0) is 12.8 Å².